The molecule has 0 radical (unpaired) electrons. The molecule has 1 aliphatic carbocycles. The minimum absolute atomic E-state index is 0.128. The molecule has 2 aliphatic rings. The summed E-state index contributed by atoms with van der Waals surface area (Å²) in [5.74, 6) is 0.157. The number of hydrogen-bond acceptors (Lipinski definition) is 1. The average molecular weight is 283 g/mol. The van der Waals surface area contributed by atoms with Crippen LogP contribution < -0.4 is 5.32 Å². The van der Waals surface area contributed by atoms with E-state index < -0.39 is 0 Å². The van der Waals surface area contributed by atoms with Gasteiger partial charge in [-0.3, -0.25) is 0 Å². The molecule has 1 nitrogen and oxygen atoms in total. The zero-order chi connectivity index (χ0) is 14.4. The van der Waals surface area contributed by atoms with E-state index in [0.717, 1.165) is 23.2 Å². The van der Waals surface area contributed by atoms with E-state index in [1.807, 2.05) is 12.1 Å². The van der Waals surface area contributed by atoms with Crippen LogP contribution >= 0.6 is 0 Å². The molecule has 0 fully saturated rings. The summed E-state index contributed by atoms with van der Waals surface area (Å²) in [4.78, 5) is 0. The van der Waals surface area contributed by atoms with Crippen LogP contribution in [0.3, 0.4) is 0 Å². The molecule has 21 heavy (non-hydrogen) atoms. The molecule has 2 aromatic carbocycles. The van der Waals surface area contributed by atoms with Gasteiger partial charge < -0.3 is 5.32 Å². The van der Waals surface area contributed by atoms with E-state index >= 15 is 0 Å². The maximum Gasteiger partial charge on any atom is 0.123 e. The minimum atomic E-state index is -0.224. The lowest BCUT2D eigenvalue weighted by molar-refractivity contribution is 0.423. The normalized spacial score (nSPS) is 26.1. The smallest absolute Gasteiger partial charge is 0.123 e. The number of hydrogen-bond donors (Lipinski definition) is 1. The highest BCUT2D eigenvalue weighted by atomic mass is 19.1. The van der Waals surface area contributed by atoms with Crippen LogP contribution in [0.2, 0.25) is 0 Å². The molecule has 0 saturated carbocycles. The van der Waals surface area contributed by atoms with Crippen LogP contribution in [-0.2, 0) is 0 Å². The van der Waals surface area contributed by atoms with Crippen LogP contribution in [0, 0.1) is 17.6 Å². The molecule has 0 bridgehead atoms. The highest BCUT2D eigenvalue weighted by Crippen LogP contribution is 2.49. The largest absolute Gasteiger partial charge is 0.378 e. The van der Waals surface area contributed by atoms with E-state index in [1.54, 1.807) is 12.1 Å². The van der Waals surface area contributed by atoms with Crippen molar-refractivity contribution in [3.8, 4) is 0 Å². The van der Waals surface area contributed by atoms with E-state index in [4.69, 9.17) is 0 Å². The number of anilines is 1. The molecule has 3 heteroatoms. The van der Waals surface area contributed by atoms with Gasteiger partial charge in [-0.2, -0.15) is 0 Å². The van der Waals surface area contributed by atoms with Crippen LogP contribution in [0.4, 0.5) is 14.5 Å². The van der Waals surface area contributed by atoms with Gasteiger partial charge >= 0.3 is 0 Å². The van der Waals surface area contributed by atoms with E-state index in [2.05, 4.69) is 17.5 Å². The summed E-state index contributed by atoms with van der Waals surface area (Å²) in [6, 6.07) is 11.7. The first-order valence-corrected chi connectivity index (χ1v) is 7.20. The van der Waals surface area contributed by atoms with Crippen LogP contribution in [0.25, 0.3) is 0 Å². The van der Waals surface area contributed by atoms with Crippen molar-refractivity contribution < 1.29 is 8.78 Å². The Morgan fingerprint density at radius 3 is 2.52 bits per heavy atom. The summed E-state index contributed by atoms with van der Waals surface area (Å²) < 4.78 is 26.7. The molecule has 0 unspecified atom stereocenters. The van der Waals surface area contributed by atoms with E-state index in [-0.39, 0.29) is 23.6 Å². The van der Waals surface area contributed by atoms with Gasteiger partial charge in [0, 0.05) is 11.6 Å². The third kappa shape index (κ3) is 2.04. The van der Waals surface area contributed by atoms with Gasteiger partial charge in [0.15, 0.2) is 0 Å². The Morgan fingerprint density at radius 2 is 1.71 bits per heavy atom. The second kappa shape index (κ2) is 4.69. The van der Waals surface area contributed by atoms with Crippen LogP contribution in [-0.4, -0.2) is 0 Å². The summed E-state index contributed by atoms with van der Waals surface area (Å²) >= 11 is 0. The highest BCUT2D eigenvalue weighted by Gasteiger charge is 2.37. The predicted molar refractivity (Wildman–Crippen MR) is 79.2 cm³/mol. The Labute approximate surface area is 122 Å². The predicted octanol–water partition coefficient (Wildman–Crippen LogP) is 4.79. The Hall–Kier alpha value is -2.16. The Balaban J connectivity index is 1.78. The van der Waals surface area contributed by atoms with Crippen molar-refractivity contribution in [2.75, 3.05) is 5.32 Å². The summed E-state index contributed by atoms with van der Waals surface area (Å²) in [6.07, 6.45) is 5.28. The Kier molecular flexibility index (Phi) is 2.81. The fraction of sp³-hybridized carbons (Fsp3) is 0.222. The Morgan fingerprint density at radius 1 is 0.952 bits per heavy atom. The van der Waals surface area contributed by atoms with Gasteiger partial charge in [-0.1, -0.05) is 24.3 Å². The highest BCUT2D eigenvalue weighted by molar-refractivity contribution is 5.59. The molecule has 0 aromatic heterocycles. The number of nitrogens with one attached hydrogen (secondary N) is 1. The Bertz CT molecular complexity index is 706. The third-order valence-corrected chi connectivity index (χ3v) is 4.55. The number of halogens is 2. The van der Waals surface area contributed by atoms with Gasteiger partial charge in [0.25, 0.3) is 0 Å². The van der Waals surface area contributed by atoms with Crippen molar-refractivity contribution >= 4 is 5.69 Å². The van der Waals surface area contributed by atoms with Crippen LogP contribution in [0.1, 0.15) is 29.5 Å². The van der Waals surface area contributed by atoms with Gasteiger partial charge in [-0.05, 0) is 53.8 Å². The summed E-state index contributed by atoms with van der Waals surface area (Å²) in [5.41, 5.74) is 3.07. The van der Waals surface area contributed by atoms with E-state index in [9.17, 15) is 8.78 Å². The fourth-order valence-corrected chi connectivity index (χ4v) is 3.57. The van der Waals surface area contributed by atoms with Crippen LogP contribution in [0.15, 0.2) is 54.6 Å². The second-order valence-corrected chi connectivity index (χ2v) is 5.76. The molecule has 0 amide bonds. The van der Waals surface area contributed by atoms with Crippen molar-refractivity contribution in [3.63, 3.8) is 0 Å². The van der Waals surface area contributed by atoms with E-state index in [1.165, 1.54) is 18.2 Å². The fourth-order valence-electron chi connectivity index (χ4n) is 3.57. The van der Waals surface area contributed by atoms with Crippen molar-refractivity contribution in [3.05, 3.63) is 77.4 Å². The average Bonchev–Trinajstić information content (AvgIpc) is 2.97. The van der Waals surface area contributed by atoms with Gasteiger partial charge in [0.1, 0.15) is 11.6 Å². The van der Waals surface area contributed by atoms with Crippen molar-refractivity contribution in [1.29, 1.82) is 0 Å². The first kappa shape index (κ1) is 12.6. The van der Waals surface area contributed by atoms with Gasteiger partial charge in [0.2, 0.25) is 0 Å². The zero-order valence-corrected chi connectivity index (χ0v) is 11.4. The molecule has 1 N–H and O–H groups in total. The molecule has 4 rings (SSSR count). The number of rotatable bonds is 1. The lowest BCUT2D eigenvalue weighted by atomic mass is 9.77. The van der Waals surface area contributed by atoms with Gasteiger partial charge in [-0.25, -0.2) is 8.78 Å². The molecular weight excluding hydrogens is 268 g/mol. The van der Waals surface area contributed by atoms with Gasteiger partial charge in [-0.15, -0.1) is 0 Å². The van der Waals surface area contributed by atoms with Crippen LogP contribution in [0.5, 0.6) is 0 Å². The first-order chi connectivity index (χ1) is 10.2. The summed E-state index contributed by atoms with van der Waals surface area (Å²) in [6.45, 7) is 0. The topological polar surface area (TPSA) is 12.0 Å². The number of benzene rings is 2. The molecule has 1 aliphatic heterocycles. The van der Waals surface area contributed by atoms with Gasteiger partial charge in [0.05, 0.1) is 6.04 Å². The summed E-state index contributed by atoms with van der Waals surface area (Å²) in [7, 11) is 0. The number of fused-ring (bicyclic) bond motifs is 3. The molecule has 0 saturated heterocycles. The molecule has 3 atom stereocenters. The lowest BCUT2D eigenvalue weighted by Crippen LogP contribution is -2.29. The molecule has 0 spiro atoms. The zero-order valence-electron chi connectivity index (χ0n) is 11.4. The SMILES string of the molecule is Fc1ccc([C@H]2Nc3ccc(F)cc3[C@H]3C=CC[C@H]32)cc1. The molecule has 106 valence electrons. The lowest BCUT2D eigenvalue weighted by Gasteiger charge is -2.37. The molecule has 2 aromatic rings. The van der Waals surface area contributed by atoms with Crippen molar-refractivity contribution in [1.82, 2.24) is 0 Å². The summed E-state index contributed by atoms with van der Waals surface area (Å²) in [5, 5.41) is 3.50. The standard InChI is InChI=1S/C18H15F2N/c19-12-6-4-11(5-7-12)18-15-3-1-2-14(15)16-10-13(20)8-9-17(16)21-18/h1-2,4-10,14-15,18,21H,3H2/t14-,15+,18+/m0/s1. The minimum Gasteiger partial charge on any atom is -0.378 e. The van der Waals surface area contributed by atoms with Crippen molar-refractivity contribution in [2.24, 2.45) is 5.92 Å². The quantitative estimate of drug-likeness (QED) is 0.742. The number of allylic oxidation sites excluding steroid dienone is 2. The molecule has 1 heterocycles. The van der Waals surface area contributed by atoms with Crippen molar-refractivity contribution in [2.45, 2.75) is 18.4 Å². The maximum absolute atomic E-state index is 13.5. The maximum atomic E-state index is 13.5. The molecular formula is C18H15F2N. The second-order valence-electron chi connectivity index (χ2n) is 5.76. The first-order valence-electron chi connectivity index (χ1n) is 7.20. The monoisotopic (exact) mass is 283 g/mol. The third-order valence-electron chi connectivity index (χ3n) is 4.55. The van der Waals surface area contributed by atoms with E-state index in [0.29, 0.717) is 5.92 Å².